The van der Waals surface area contributed by atoms with Gasteiger partial charge in [-0.05, 0) is 38.2 Å². The molecule has 0 saturated heterocycles. The van der Waals surface area contributed by atoms with Gasteiger partial charge in [0.15, 0.2) is 5.16 Å². The molecular weight excluding hydrogens is 274 g/mol. The van der Waals surface area contributed by atoms with Crippen LogP contribution in [-0.4, -0.2) is 38.4 Å². The highest BCUT2D eigenvalue weighted by Gasteiger charge is 2.40. The van der Waals surface area contributed by atoms with Gasteiger partial charge in [0.05, 0.1) is 0 Å². The Morgan fingerprint density at radius 1 is 1.50 bits per heavy atom. The number of hydrogen-bond acceptors (Lipinski definition) is 5. The first kappa shape index (κ1) is 15.3. The number of carboxylic acids is 1. The zero-order chi connectivity index (χ0) is 14.4. The van der Waals surface area contributed by atoms with Crippen LogP contribution >= 0.6 is 11.8 Å². The summed E-state index contributed by atoms with van der Waals surface area (Å²) >= 11 is 1.57. The summed E-state index contributed by atoms with van der Waals surface area (Å²) in [6.07, 6.45) is 7.74. The fourth-order valence-electron chi connectivity index (χ4n) is 2.19. The Bertz CT molecular complexity index is 439. The van der Waals surface area contributed by atoms with Crippen molar-refractivity contribution in [2.45, 2.75) is 55.8 Å². The molecule has 1 aliphatic rings. The predicted molar refractivity (Wildman–Crippen MR) is 78.8 cm³/mol. The van der Waals surface area contributed by atoms with E-state index in [-0.39, 0.29) is 0 Å². The average molecular weight is 295 g/mol. The first-order valence-electron chi connectivity index (χ1n) is 7.07. The Kier molecular flexibility index (Phi) is 5.37. The highest BCUT2D eigenvalue weighted by Crippen LogP contribution is 2.28. The molecular formula is C14H21N3O2S. The van der Waals surface area contributed by atoms with Crippen molar-refractivity contribution in [3.05, 3.63) is 18.5 Å². The Hall–Kier alpha value is -1.14. The number of aromatic nitrogens is 2. The molecule has 0 amide bonds. The van der Waals surface area contributed by atoms with E-state index in [1.54, 1.807) is 30.2 Å². The second kappa shape index (κ2) is 7.04. The maximum atomic E-state index is 11.6. The van der Waals surface area contributed by atoms with E-state index in [1.165, 1.54) is 0 Å². The number of nitrogens with zero attached hydrogens (tertiary/aromatic N) is 2. The first-order valence-corrected chi connectivity index (χ1v) is 8.06. The summed E-state index contributed by atoms with van der Waals surface area (Å²) in [5, 5.41) is 13.6. The van der Waals surface area contributed by atoms with Gasteiger partial charge in [-0.25, -0.2) is 9.97 Å². The molecule has 110 valence electrons. The Morgan fingerprint density at radius 3 is 2.75 bits per heavy atom. The van der Waals surface area contributed by atoms with E-state index in [9.17, 15) is 9.90 Å². The second-order valence-electron chi connectivity index (χ2n) is 5.14. The van der Waals surface area contributed by atoms with Crippen LogP contribution in [0.5, 0.6) is 0 Å². The van der Waals surface area contributed by atoms with Crippen LogP contribution in [0.4, 0.5) is 0 Å². The van der Waals surface area contributed by atoms with Crippen LogP contribution in [0, 0.1) is 0 Å². The molecule has 5 nitrogen and oxygen atoms in total. The summed E-state index contributed by atoms with van der Waals surface area (Å²) in [5.74, 6) is 0.110. The van der Waals surface area contributed by atoms with E-state index in [0.717, 1.165) is 30.2 Å². The molecule has 1 aromatic rings. The number of hydrogen-bond donors (Lipinski definition) is 2. The van der Waals surface area contributed by atoms with Gasteiger partial charge in [-0.15, -0.1) is 0 Å². The summed E-state index contributed by atoms with van der Waals surface area (Å²) in [6, 6.07) is 2.19. The Balaban J connectivity index is 1.80. The van der Waals surface area contributed by atoms with Crippen LogP contribution in [0.1, 0.15) is 39.0 Å². The fourth-order valence-corrected chi connectivity index (χ4v) is 2.93. The van der Waals surface area contributed by atoms with Crippen LogP contribution < -0.4 is 5.32 Å². The monoisotopic (exact) mass is 295 g/mol. The smallest absolute Gasteiger partial charge is 0.323 e. The largest absolute Gasteiger partial charge is 0.480 e. The molecule has 1 fully saturated rings. The second-order valence-corrected chi connectivity index (χ2v) is 6.20. The molecule has 1 unspecified atom stereocenters. The molecule has 2 N–H and O–H groups in total. The lowest BCUT2D eigenvalue weighted by atomic mass is 9.90. The lowest BCUT2D eigenvalue weighted by Crippen LogP contribution is -2.52. The molecule has 20 heavy (non-hydrogen) atoms. The standard InChI is InChI=1S/C14H21N3O2S/c1-2-14(12(18)19,17-11-5-6-11)7-3-10-20-13-15-8-4-9-16-13/h4,8-9,11,17H,2-3,5-7,10H2,1H3,(H,18,19). The minimum atomic E-state index is -0.765. The van der Waals surface area contributed by atoms with Gasteiger partial charge < -0.3 is 5.11 Å². The van der Waals surface area contributed by atoms with Crippen molar-refractivity contribution in [3.8, 4) is 0 Å². The number of rotatable bonds is 9. The minimum absolute atomic E-state index is 0.399. The lowest BCUT2D eigenvalue weighted by molar-refractivity contribution is -0.145. The Labute approximate surface area is 123 Å². The van der Waals surface area contributed by atoms with Gasteiger partial charge in [0, 0.05) is 24.2 Å². The van der Waals surface area contributed by atoms with Crippen LogP contribution in [0.25, 0.3) is 0 Å². The zero-order valence-corrected chi connectivity index (χ0v) is 12.5. The van der Waals surface area contributed by atoms with Crippen LogP contribution in [0.2, 0.25) is 0 Å². The molecule has 1 saturated carbocycles. The van der Waals surface area contributed by atoms with Crippen molar-refractivity contribution in [2.24, 2.45) is 0 Å². The molecule has 0 spiro atoms. The van der Waals surface area contributed by atoms with Crippen molar-refractivity contribution in [1.29, 1.82) is 0 Å². The number of carboxylic acid groups (broad SMARTS) is 1. The predicted octanol–water partition coefficient (Wildman–Crippen LogP) is 2.33. The molecule has 1 aromatic heterocycles. The maximum absolute atomic E-state index is 11.6. The molecule has 1 atom stereocenters. The quantitative estimate of drug-likeness (QED) is 0.414. The van der Waals surface area contributed by atoms with E-state index < -0.39 is 11.5 Å². The minimum Gasteiger partial charge on any atom is -0.480 e. The molecule has 1 heterocycles. The zero-order valence-electron chi connectivity index (χ0n) is 11.7. The maximum Gasteiger partial charge on any atom is 0.323 e. The fraction of sp³-hybridized carbons (Fsp3) is 0.643. The summed E-state index contributed by atoms with van der Waals surface area (Å²) < 4.78 is 0. The highest BCUT2D eigenvalue weighted by atomic mass is 32.2. The third kappa shape index (κ3) is 4.18. The summed E-state index contributed by atoms with van der Waals surface area (Å²) in [7, 11) is 0. The number of thioether (sulfide) groups is 1. The molecule has 0 bridgehead atoms. The van der Waals surface area contributed by atoms with Crippen LogP contribution in [0.3, 0.4) is 0 Å². The molecule has 6 heteroatoms. The normalized spacial score (nSPS) is 17.6. The first-order chi connectivity index (χ1) is 9.66. The molecule has 0 aromatic carbocycles. The lowest BCUT2D eigenvalue weighted by Gasteiger charge is -2.29. The van der Waals surface area contributed by atoms with Gasteiger partial charge in [-0.2, -0.15) is 0 Å². The van der Waals surface area contributed by atoms with E-state index in [0.29, 0.717) is 18.9 Å². The number of aliphatic carboxylic acids is 1. The van der Waals surface area contributed by atoms with Gasteiger partial charge in [0.2, 0.25) is 0 Å². The van der Waals surface area contributed by atoms with Crippen molar-refractivity contribution < 1.29 is 9.90 Å². The average Bonchev–Trinajstić information content (AvgIpc) is 3.27. The molecule has 0 aliphatic heterocycles. The van der Waals surface area contributed by atoms with Crippen LogP contribution in [0.15, 0.2) is 23.6 Å². The highest BCUT2D eigenvalue weighted by molar-refractivity contribution is 7.99. The molecule has 2 rings (SSSR count). The van der Waals surface area contributed by atoms with Crippen molar-refractivity contribution >= 4 is 17.7 Å². The number of nitrogens with one attached hydrogen (secondary N) is 1. The van der Waals surface area contributed by atoms with Gasteiger partial charge in [0.25, 0.3) is 0 Å². The Morgan fingerprint density at radius 2 is 2.20 bits per heavy atom. The van der Waals surface area contributed by atoms with E-state index in [1.807, 2.05) is 6.92 Å². The molecule has 1 aliphatic carbocycles. The van der Waals surface area contributed by atoms with E-state index in [2.05, 4.69) is 15.3 Å². The van der Waals surface area contributed by atoms with Gasteiger partial charge in [-0.3, -0.25) is 10.1 Å². The van der Waals surface area contributed by atoms with E-state index >= 15 is 0 Å². The third-order valence-corrected chi connectivity index (χ3v) is 4.55. The summed E-state index contributed by atoms with van der Waals surface area (Å²) in [4.78, 5) is 19.9. The summed E-state index contributed by atoms with van der Waals surface area (Å²) in [6.45, 7) is 1.94. The van der Waals surface area contributed by atoms with Crippen molar-refractivity contribution in [1.82, 2.24) is 15.3 Å². The number of carbonyl (C=O) groups is 1. The van der Waals surface area contributed by atoms with Crippen molar-refractivity contribution in [3.63, 3.8) is 0 Å². The van der Waals surface area contributed by atoms with E-state index in [4.69, 9.17) is 0 Å². The van der Waals surface area contributed by atoms with Gasteiger partial charge in [-0.1, -0.05) is 18.7 Å². The third-order valence-electron chi connectivity index (χ3n) is 3.59. The van der Waals surface area contributed by atoms with Crippen LogP contribution in [-0.2, 0) is 4.79 Å². The molecule has 0 radical (unpaired) electrons. The van der Waals surface area contributed by atoms with Crippen molar-refractivity contribution in [2.75, 3.05) is 5.75 Å². The van der Waals surface area contributed by atoms with Gasteiger partial charge in [0.1, 0.15) is 5.54 Å². The topological polar surface area (TPSA) is 75.1 Å². The SMILES string of the molecule is CCC(CCCSc1ncccn1)(NC1CC1)C(=O)O. The summed E-state index contributed by atoms with van der Waals surface area (Å²) in [5.41, 5.74) is -0.765. The van der Waals surface area contributed by atoms with Gasteiger partial charge >= 0.3 is 5.97 Å².